The summed E-state index contributed by atoms with van der Waals surface area (Å²) < 4.78 is 1.94. The predicted molar refractivity (Wildman–Crippen MR) is 146 cm³/mol. The van der Waals surface area contributed by atoms with E-state index in [0.29, 0.717) is 33.2 Å². The molecule has 0 spiro atoms. The molecule has 3 rings (SSSR count). The molecule has 0 amide bonds. The van der Waals surface area contributed by atoms with Gasteiger partial charge >= 0.3 is 5.97 Å². The summed E-state index contributed by atoms with van der Waals surface area (Å²) in [5.41, 5.74) is 0.212. The van der Waals surface area contributed by atoms with Crippen molar-refractivity contribution in [3.05, 3.63) is 38.3 Å². The van der Waals surface area contributed by atoms with Crippen molar-refractivity contribution in [2.24, 2.45) is 0 Å². The molecule has 8 nitrogen and oxygen atoms in total. The topological polar surface area (TPSA) is 122 Å². The number of nitrogens with zero attached hydrogens (tertiary/aromatic N) is 2. The van der Waals surface area contributed by atoms with Crippen molar-refractivity contribution in [2.75, 3.05) is 6.54 Å². The number of hydrogen-bond donors (Lipinski definition) is 3. The summed E-state index contributed by atoms with van der Waals surface area (Å²) in [4.78, 5) is 39.1. The minimum Gasteiger partial charge on any atom is -0.481 e. The number of aliphatic hydroxyl groups excluding tert-OH is 1. The van der Waals surface area contributed by atoms with E-state index >= 15 is 0 Å². The molecule has 2 heterocycles. The lowest BCUT2D eigenvalue weighted by Gasteiger charge is -2.28. The molecule has 1 aromatic heterocycles. The first-order chi connectivity index (χ1) is 17.2. The standard InChI is InChI=1S/C16H17BrClN3O3.C10H20O2/c17-11-6-13-10(5-12(11)18)16(24)21(8-20-13)7-9(22)4-14-15(23)2-1-3-19-14;1-2-3-4-5-6-7-8-9-10(11)12/h5-6,8,14-15,19,23H,1-4,7H2;2-9H2,1H3,(H,11,12)/t14-,15+;/m1./s1. The van der Waals surface area contributed by atoms with Gasteiger partial charge in [-0.2, -0.15) is 0 Å². The molecule has 0 unspecified atom stereocenters. The summed E-state index contributed by atoms with van der Waals surface area (Å²) in [7, 11) is 0. The van der Waals surface area contributed by atoms with E-state index < -0.39 is 12.1 Å². The zero-order chi connectivity index (χ0) is 26.5. The monoisotopic (exact) mass is 585 g/mol. The van der Waals surface area contributed by atoms with Crippen molar-refractivity contribution < 1.29 is 19.8 Å². The number of halogens is 2. The molecule has 3 N–H and O–H groups in total. The van der Waals surface area contributed by atoms with Gasteiger partial charge in [0.15, 0.2) is 5.78 Å². The Hall–Kier alpha value is -1.81. The molecule has 10 heteroatoms. The molecule has 1 saturated heterocycles. The number of aliphatic carboxylic acids is 1. The summed E-state index contributed by atoms with van der Waals surface area (Å²) in [6, 6.07) is 2.97. The van der Waals surface area contributed by atoms with Gasteiger partial charge in [0.25, 0.3) is 5.56 Å². The summed E-state index contributed by atoms with van der Waals surface area (Å²) in [5, 5.41) is 22.2. The van der Waals surface area contributed by atoms with Crippen molar-refractivity contribution in [1.82, 2.24) is 14.9 Å². The summed E-state index contributed by atoms with van der Waals surface area (Å²) >= 11 is 9.33. The number of fused-ring (bicyclic) bond motifs is 1. The summed E-state index contributed by atoms with van der Waals surface area (Å²) in [6.07, 6.45) is 11.3. The van der Waals surface area contributed by atoms with Gasteiger partial charge in [-0.25, -0.2) is 4.98 Å². The second kappa shape index (κ2) is 16.1. The van der Waals surface area contributed by atoms with Gasteiger partial charge < -0.3 is 15.5 Å². The van der Waals surface area contributed by atoms with Gasteiger partial charge in [0.2, 0.25) is 0 Å². The molecule has 0 aliphatic carbocycles. The molecule has 0 bridgehead atoms. The Bertz CT molecular complexity index is 1060. The number of rotatable bonds is 12. The molecule has 0 radical (unpaired) electrons. The number of piperidine rings is 1. The lowest BCUT2D eigenvalue weighted by molar-refractivity contribution is -0.137. The number of carboxylic acids is 1. The lowest BCUT2D eigenvalue weighted by Crippen LogP contribution is -2.46. The number of carbonyl (C=O) groups excluding carboxylic acids is 1. The van der Waals surface area contributed by atoms with E-state index in [9.17, 15) is 19.5 Å². The maximum atomic E-state index is 12.5. The van der Waals surface area contributed by atoms with Crippen molar-refractivity contribution in [2.45, 2.75) is 96.2 Å². The zero-order valence-corrected chi connectivity index (χ0v) is 23.2. The minimum absolute atomic E-state index is 0.0691. The minimum atomic E-state index is -0.663. The lowest BCUT2D eigenvalue weighted by atomic mass is 9.97. The van der Waals surface area contributed by atoms with Crippen LogP contribution < -0.4 is 10.9 Å². The van der Waals surface area contributed by atoms with Crippen LogP contribution in [0.3, 0.4) is 0 Å². The molecular weight excluding hydrogens is 550 g/mol. The molecule has 1 aromatic carbocycles. The van der Waals surface area contributed by atoms with E-state index in [0.717, 1.165) is 25.8 Å². The molecule has 1 fully saturated rings. The van der Waals surface area contributed by atoms with Crippen LogP contribution in [0.1, 0.15) is 77.6 Å². The van der Waals surface area contributed by atoms with E-state index in [1.165, 1.54) is 43.0 Å². The fraction of sp³-hybridized carbons (Fsp3) is 0.615. The number of aliphatic hydroxyl groups is 1. The highest BCUT2D eigenvalue weighted by molar-refractivity contribution is 9.10. The fourth-order valence-electron chi connectivity index (χ4n) is 4.14. The quantitative estimate of drug-likeness (QED) is 0.296. The van der Waals surface area contributed by atoms with Gasteiger partial charge in [0.1, 0.15) is 0 Å². The summed E-state index contributed by atoms with van der Waals surface area (Å²) in [5.74, 6) is -0.788. The third kappa shape index (κ3) is 10.3. The van der Waals surface area contributed by atoms with Gasteiger partial charge in [0, 0.05) is 23.4 Å². The maximum Gasteiger partial charge on any atom is 0.303 e. The van der Waals surface area contributed by atoms with E-state index in [1.54, 1.807) is 12.1 Å². The zero-order valence-electron chi connectivity index (χ0n) is 20.8. The SMILES string of the molecule is CCCCCCCCCC(=O)O.O=C(C[C@H]1NCCC[C@@H]1O)Cn1cnc2cc(Br)c(Cl)cc2c1=O. The number of nitrogens with one attached hydrogen (secondary N) is 1. The number of carbonyl (C=O) groups is 2. The van der Waals surface area contributed by atoms with Crippen LogP contribution in [0.4, 0.5) is 0 Å². The van der Waals surface area contributed by atoms with Gasteiger partial charge in [0.05, 0.1) is 34.9 Å². The van der Waals surface area contributed by atoms with Crippen molar-refractivity contribution in [3.63, 3.8) is 0 Å². The van der Waals surface area contributed by atoms with E-state index in [1.807, 2.05) is 0 Å². The highest BCUT2D eigenvalue weighted by Crippen LogP contribution is 2.25. The first-order valence-corrected chi connectivity index (χ1v) is 13.9. The Balaban J connectivity index is 0.000000324. The molecule has 1 aliphatic rings. The van der Waals surface area contributed by atoms with Crippen LogP contribution in [0.2, 0.25) is 5.02 Å². The number of hydrogen-bond acceptors (Lipinski definition) is 6. The highest BCUT2D eigenvalue weighted by Gasteiger charge is 2.25. The molecule has 2 aromatic rings. The molecule has 36 heavy (non-hydrogen) atoms. The van der Waals surface area contributed by atoms with Crippen LogP contribution in [0.5, 0.6) is 0 Å². The number of carboxylic acid groups (broad SMARTS) is 1. The fourth-order valence-corrected chi connectivity index (χ4v) is 4.64. The Labute approximate surface area is 225 Å². The largest absolute Gasteiger partial charge is 0.481 e. The number of unbranched alkanes of at least 4 members (excludes halogenated alkanes) is 6. The Kier molecular flexibility index (Phi) is 13.6. The van der Waals surface area contributed by atoms with Crippen LogP contribution in [0.15, 0.2) is 27.7 Å². The van der Waals surface area contributed by atoms with E-state index in [4.69, 9.17) is 16.7 Å². The third-order valence-corrected chi connectivity index (χ3v) is 7.40. The normalized spacial score (nSPS) is 17.4. The Morgan fingerprint density at radius 2 is 1.89 bits per heavy atom. The third-order valence-electron chi connectivity index (χ3n) is 6.20. The molecule has 200 valence electrons. The van der Waals surface area contributed by atoms with Crippen LogP contribution >= 0.6 is 27.5 Å². The summed E-state index contributed by atoms with van der Waals surface area (Å²) in [6.45, 7) is 2.92. The predicted octanol–water partition coefficient (Wildman–Crippen LogP) is 5.10. The first kappa shape index (κ1) is 30.4. The average molecular weight is 587 g/mol. The van der Waals surface area contributed by atoms with Crippen molar-refractivity contribution in [1.29, 1.82) is 0 Å². The number of Topliss-reactive ketones (excluding diaryl/α,β-unsaturated/α-hetero) is 1. The maximum absolute atomic E-state index is 12.5. The van der Waals surface area contributed by atoms with Crippen LogP contribution in [0.25, 0.3) is 10.9 Å². The Morgan fingerprint density at radius 3 is 2.56 bits per heavy atom. The van der Waals surface area contributed by atoms with Gasteiger partial charge in [-0.05, 0) is 53.9 Å². The molecular formula is C26H37BrClN3O5. The average Bonchev–Trinajstić information content (AvgIpc) is 2.83. The van der Waals surface area contributed by atoms with E-state index in [-0.39, 0.29) is 30.3 Å². The van der Waals surface area contributed by atoms with Crippen molar-refractivity contribution >= 4 is 50.2 Å². The molecule has 0 saturated carbocycles. The van der Waals surface area contributed by atoms with Gasteiger partial charge in [-0.15, -0.1) is 0 Å². The van der Waals surface area contributed by atoms with Gasteiger partial charge in [-0.3, -0.25) is 19.0 Å². The van der Waals surface area contributed by atoms with Crippen LogP contribution in [-0.2, 0) is 16.1 Å². The highest BCUT2D eigenvalue weighted by atomic mass is 79.9. The molecule has 1 aliphatic heterocycles. The Morgan fingerprint density at radius 1 is 1.19 bits per heavy atom. The number of benzene rings is 1. The van der Waals surface area contributed by atoms with Gasteiger partial charge in [-0.1, -0.05) is 57.0 Å². The van der Waals surface area contributed by atoms with Crippen LogP contribution in [0, 0.1) is 0 Å². The number of aromatic nitrogens is 2. The number of ketones is 1. The smallest absolute Gasteiger partial charge is 0.303 e. The second-order valence-electron chi connectivity index (χ2n) is 9.24. The second-order valence-corrected chi connectivity index (χ2v) is 10.5. The van der Waals surface area contributed by atoms with Crippen molar-refractivity contribution in [3.8, 4) is 0 Å². The first-order valence-electron chi connectivity index (χ1n) is 12.7. The molecule has 2 atom stereocenters. The van der Waals surface area contributed by atoms with Crippen LogP contribution in [-0.4, -0.2) is 50.2 Å². The van der Waals surface area contributed by atoms with E-state index in [2.05, 4.69) is 33.2 Å².